The molecule has 8 aliphatic rings. The number of carbonyl (C=O) groups is 1. The van der Waals surface area contributed by atoms with Gasteiger partial charge in [-0.2, -0.15) is 0 Å². The van der Waals surface area contributed by atoms with Gasteiger partial charge in [0.05, 0.1) is 37.1 Å². The first-order chi connectivity index (χ1) is 28.9. The lowest BCUT2D eigenvalue weighted by Gasteiger charge is -2.65. The molecule has 12 N–H and O–H groups in total. The van der Waals surface area contributed by atoms with Crippen molar-refractivity contribution in [3.8, 4) is 0 Å². The van der Waals surface area contributed by atoms with Crippen molar-refractivity contribution in [3.05, 3.63) is 11.6 Å². The van der Waals surface area contributed by atoms with Crippen LogP contribution in [0.15, 0.2) is 11.6 Å². The normalized spacial score (nSPS) is 55.0. The number of hydrogen-bond donors (Lipinski definition) is 12. The predicted octanol–water partition coefficient (Wildman–Crippen LogP) is -3.95. The average Bonchev–Trinajstić information content (AvgIpc) is 3.80. The number of cyclic esters (lactones) is 1. The third kappa shape index (κ3) is 7.43. The first-order valence-corrected chi connectivity index (χ1v) is 21.7. The van der Waals surface area contributed by atoms with E-state index in [0.717, 1.165) is 5.57 Å². The topological polar surface area (TPSA) is 324 Å². The minimum atomic E-state index is -1.88. The second-order valence-corrected chi connectivity index (χ2v) is 19.1. The summed E-state index contributed by atoms with van der Waals surface area (Å²) in [6.45, 7) is 1.95. The molecular weight excluding hydrogens is 812 g/mol. The lowest BCUT2D eigenvalue weighted by atomic mass is 9.42. The van der Waals surface area contributed by atoms with Crippen LogP contribution in [0.25, 0.3) is 0 Å². The molecule has 4 heterocycles. The van der Waals surface area contributed by atoms with Crippen molar-refractivity contribution < 1.29 is 99.2 Å². The van der Waals surface area contributed by atoms with Crippen molar-refractivity contribution in [2.24, 2.45) is 34.5 Å². The first kappa shape index (κ1) is 46.0. The van der Waals surface area contributed by atoms with Crippen molar-refractivity contribution in [1.82, 2.24) is 0 Å². The summed E-state index contributed by atoms with van der Waals surface area (Å²) in [5.74, 6) is -1.01. The third-order valence-electron chi connectivity index (χ3n) is 16.4. The molecule has 0 amide bonds. The number of ether oxygens (including phenoxy) is 7. The number of aliphatic hydroxyl groups is 12. The minimum absolute atomic E-state index is 0.0399. The maximum absolute atomic E-state index is 12.6. The van der Waals surface area contributed by atoms with Crippen LogP contribution >= 0.6 is 0 Å². The fourth-order valence-corrected chi connectivity index (χ4v) is 12.9. The predicted molar refractivity (Wildman–Crippen MR) is 201 cm³/mol. The molecule has 24 atom stereocenters. The number of hydrogen-bond acceptors (Lipinski definition) is 20. The van der Waals surface area contributed by atoms with Gasteiger partial charge in [0.1, 0.15) is 73.8 Å². The molecule has 3 saturated heterocycles. The Bertz CT molecular complexity index is 1600. The van der Waals surface area contributed by atoms with Crippen molar-refractivity contribution in [2.45, 2.75) is 175 Å². The Hall–Kier alpha value is -1.51. The summed E-state index contributed by atoms with van der Waals surface area (Å²) < 4.78 is 40.1. The minimum Gasteiger partial charge on any atom is -0.458 e. The molecule has 0 radical (unpaired) electrons. The molecule has 4 saturated carbocycles. The SMILES string of the molecule is CC1OC(OC2CCC3(CO)C(CCC4C3CC(O)C3(C)C(C5=CC(=O)OC5)CCC43O)C2)C(O)C(O)C1OC1OC(CO)C(OC2OC(CO)C(O)C(O)C2O)C(O)C1O. The number of carbonyl (C=O) groups excluding carboxylic acids is 1. The number of fused-ring (bicyclic) bond motifs is 5. The van der Waals surface area contributed by atoms with Gasteiger partial charge >= 0.3 is 5.97 Å². The van der Waals surface area contributed by atoms with Gasteiger partial charge in [-0.1, -0.05) is 6.92 Å². The zero-order valence-corrected chi connectivity index (χ0v) is 34.3. The van der Waals surface area contributed by atoms with Gasteiger partial charge in [-0.25, -0.2) is 4.79 Å². The average molecular weight is 877 g/mol. The van der Waals surface area contributed by atoms with Crippen molar-refractivity contribution in [1.29, 1.82) is 0 Å². The van der Waals surface area contributed by atoms with Gasteiger partial charge in [-0.15, -0.1) is 0 Å². The Morgan fingerprint density at radius 3 is 1.95 bits per heavy atom. The molecule has 20 heteroatoms. The van der Waals surface area contributed by atoms with E-state index in [1.165, 1.54) is 6.08 Å². The van der Waals surface area contributed by atoms with Gasteiger partial charge in [0, 0.05) is 18.1 Å². The molecule has 4 aliphatic heterocycles. The molecule has 0 aromatic heterocycles. The Labute approximate surface area is 352 Å². The van der Waals surface area contributed by atoms with Gasteiger partial charge in [0.25, 0.3) is 0 Å². The standard InChI is InChI=1S/C41H64O20/c1-16-34(60-38-33(53)30(50)35(24(13-43)59-38)61-37-31(51)28(48)27(47)23(12-42)58-37)29(49)32(52)36(56-16)57-19-5-7-40(15-44)18(10-19)3-4-21-22(40)11-25(45)39(2)20(6-8-41(21,39)54)17-9-26(46)55-14-17/h9,16,18-25,27-38,42-45,47-54H,3-8,10-15H2,1-2H3. The lowest BCUT2D eigenvalue weighted by Crippen LogP contribution is -2.68. The molecule has 61 heavy (non-hydrogen) atoms. The second kappa shape index (κ2) is 17.4. The van der Waals surface area contributed by atoms with Crippen LogP contribution in [-0.2, 0) is 38.0 Å². The van der Waals surface area contributed by atoms with Crippen LogP contribution in [0, 0.1) is 34.5 Å². The van der Waals surface area contributed by atoms with Crippen LogP contribution in [0.2, 0.25) is 0 Å². The van der Waals surface area contributed by atoms with E-state index in [1.54, 1.807) is 6.92 Å². The monoisotopic (exact) mass is 876 g/mol. The van der Waals surface area contributed by atoms with Gasteiger partial charge in [-0.05, 0) is 93.0 Å². The molecule has 0 bridgehead atoms. The van der Waals surface area contributed by atoms with Crippen LogP contribution in [0.4, 0.5) is 0 Å². The molecule has 7 fully saturated rings. The highest BCUT2D eigenvalue weighted by molar-refractivity contribution is 5.85. The highest BCUT2D eigenvalue weighted by atomic mass is 16.8. The summed E-state index contributed by atoms with van der Waals surface area (Å²) in [5.41, 5.74) is -1.89. The summed E-state index contributed by atoms with van der Waals surface area (Å²) in [6, 6.07) is 0. The second-order valence-electron chi connectivity index (χ2n) is 19.1. The fourth-order valence-electron chi connectivity index (χ4n) is 12.9. The Morgan fingerprint density at radius 1 is 0.689 bits per heavy atom. The number of rotatable bonds is 10. The molecular formula is C41H64O20. The highest BCUT2D eigenvalue weighted by Crippen LogP contribution is 2.70. The van der Waals surface area contributed by atoms with Gasteiger partial charge < -0.3 is 94.4 Å². The Morgan fingerprint density at radius 2 is 1.31 bits per heavy atom. The Kier molecular flexibility index (Phi) is 13.1. The van der Waals surface area contributed by atoms with Crippen molar-refractivity contribution in [3.63, 3.8) is 0 Å². The van der Waals surface area contributed by atoms with Gasteiger partial charge in [0.15, 0.2) is 18.9 Å². The van der Waals surface area contributed by atoms with Crippen LogP contribution in [0.3, 0.4) is 0 Å². The summed E-state index contributed by atoms with van der Waals surface area (Å²) >= 11 is 0. The van der Waals surface area contributed by atoms with Gasteiger partial charge in [0.2, 0.25) is 0 Å². The summed E-state index contributed by atoms with van der Waals surface area (Å²) in [5, 5.41) is 131. The van der Waals surface area contributed by atoms with Crippen molar-refractivity contribution in [2.75, 3.05) is 26.4 Å². The van der Waals surface area contributed by atoms with Crippen LogP contribution in [0.1, 0.15) is 65.2 Å². The van der Waals surface area contributed by atoms with Crippen LogP contribution in [-0.4, -0.2) is 204 Å². The van der Waals surface area contributed by atoms with E-state index in [0.29, 0.717) is 51.4 Å². The van der Waals surface area contributed by atoms with E-state index in [1.807, 2.05) is 6.92 Å². The number of aliphatic hydroxyl groups excluding tert-OH is 11. The molecule has 0 aromatic rings. The molecule has 24 unspecified atom stereocenters. The van der Waals surface area contributed by atoms with E-state index in [-0.39, 0.29) is 36.9 Å². The smallest absolute Gasteiger partial charge is 0.331 e. The largest absolute Gasteiger partial charge is 0.458 e. The molecule has 348 valence electrons. The summed E-state index contributed by atoms with van der Waals surface area (Å²) in [7, 11) is 0. The zero-order valence-electron chi connectivity index (χ0n) is 34.3. The molecule has 20 nitrogen and oxygen atoms in total. The van der Waals surface area contributed by atoms with Crippen LogP contribution in [0.5, 0.6) is 0 Å². The zero-order chi connectivity index (χ0) is 43.9. The van der Waals surface area contributed by atoms with E-state index in [2.05, 4.69) is 0 Å². The van der Waals surface area contributed by atoms with E-state index in [9.17, 15) is 66.1 Å². The first-order valence-electron chi connectivity index (χ1n) is 21.7. The number of esters is 1. The van der Waals surface area contributed by atoms with E-state index >= 15 is 0 Å². The molecule has 0 aromatic carbocycles. The molecule has 0 spiro atoms. The fraction of sp³-hybridized carbons (Fsp3) is 0.927. The quantitative estimate of drug-likeness (QED) is 0.0736. The van der Waals surface area contributed by atoms with Gasteiger partial charge in [-0.3, -0.25) is 0 Å². The van der Waals surface area contributed by atoms with E-state index < -0.39 is 140 Å². The molecule has 8 rings (SSSR count). The molecule has 4 aliphatic carbocycles. The van der Waals surface area contributed by atoms with Crippen molar-refractivity contribution >= 4 is 5.97 Å². The maximum Gasteiger partial charge on any atom is 0.331 e. The summed E-state index contributed by atoms with van der Waals surface area (Å²) in [4.78, 5) is 12.0. The maximum atomic E-state index is 12.6. The third-order valence-corrected chi connectivity index (χ3v) is 16.4. The van der Waals surface area contributed by atoms with Crippen LogP contribution < -0.4 is 0 Å². The lowest BCUT2D eigenvalue weighted by molar-refractivity contribution is -0.379. The highest BCUT2D eigenvalue weighted by Gasteiger charge is 2.71. The Balaban J connectivity index is 0.886. The summed E-state index contributed by atoms with van der Waals surface area (Å²) in [6.07, 6.45) is -19.2. The van der Waals surface area contributed by atoms with E-state index in [4.69, 9.17) is 33.2 Å².